The molecule has 0 aliphatic carbocycles. The Morgan fingerprint density at radius 3 is 2.65 bits per heavy atom. The number of aromatic nitrogens is 2. The summed E-state index contributed by atoms with van der Waals surface area (Å²) in [6, 6.07) is 12.9. The summed E-state index contributed by atoms with van der Waals surface area (Å²) < 4.78 is 18.9. The standard InChI is InChI=1S/C19H18FN3O3/c1-12(2)14-4-3-5-16(10-14)21-17(24)11-23-19(25)26-18(22-23)13-6-8-15(20)9-7-13/h3-10,12H,11H2,1-2H3,(H,21,24). The van der Waals surface area contributed by atoms with Crippen LogP contribution >= 0.6 is 0 Å². The van der Waals surface area contributed by atoms with Crippen molar-refractivity contribution in [2.24, 2.45) is 0 Å². The second-order valence-electron chi connectivity index (χ2n) is 6.17. The first-order valence-electron chi connectivity index (χ1n) is 8.16. The molecule has 0 saturated carbocycles. The van der Waals surface area contributed by atoms with Crippen LogP contribution in [-0.2, 0) is 11.3 Å². The van der Waals surface area contributed by atoms with Gasteiger partial charge in [0.05, 0.1) is 0 Å². The van der Waals surface area contributed by atoms with Crippen LogP contribution < -0.4 is 11.1 Å². The van der Waals surface area contributed by atoms with E-state index in [-0.39, 0.29) is 12.4 Å². The Morgan fingerprint density at radius 1 is 1.23 bits per heavy atom. The van der Waals surface area contributed by atoms with Crippen LogP contribution in [0.5, 0.6) is 0 Å². The lowest BCUT2D eigenvalue weighted by Crippen LogP contribution is -2.25. The van der Waals surface area contributed by atoms with Crippen LogP contribution in [0.3, 0.4) is 0 Å². The summed E-state index contributed by atoms with van der Waals surface area (Å²) in [5, 5.41) is 6.73. The minimum atomic E-state index is -0.754. The number of hydrogen-bond donors (Lipinski definition) is 1. The third kappa shape index (κ3) is 4.05. The number of nitrogens with zero attached hydrogens (tertiary/aromatic N) is 2. The summed E-state index contributed by atoms with van der Waals surface area (Å²) in [6.45, 7) is 3.84. The number of rotatable bonds is 5. The molecular weight excluding hydrogens is 337 g/mol. The lowest BCUT2D eigenvalue weighted by Gasteiger charge is -2.09. The van der Waals surface area contributed by atoms with E-state index in [2.05, 4.69) is 24.3 Å². The van der Waals surface area contributed by atoms with Gasteiger partial charge in [0, 0.05) is 11.3 Å². The van der Waals surface area contributed by atoms with Crippen LogP contribution in [0.2, 0.25) is 0 Å². The van der Waals surface area contributed by atoms with Crippen LogP contribution in [0.15, 0.2) is 57.7 Å². The first kappa shape index (κ1) is 17.6. The maximum Gasteiger partial charge on any atom is 0.437 e. The zero-order chi connectivity index (χ0) is 18.7. The Balaban J connectivity index is 1.73. The number of halogens is 1. The summed E-state index contributed by atoms with van der Waals surface area (Å²) in [7, 11) is 0. The zero-order valence-electron chi connectivity index (χ0n) is 14.4. The normalized spacial score (nSPS) is 10.9. The van der Waals surface area contributed by atoms with Gasteiger partial charge < -0.3 is 9.73 Å². The maximum absolute atomic E-state index is 13.0. The quantitative estimate of drug-likeness (QED) is 0.761. The first-order chi connectivity index (χ1) is 12.4. The summed E-state index contributed by atoms with van der Waals surface area (Å²) in [5.41, 5.74) is 2.20. The molecular formula is C19H18FN3O3. The molecule has 0 atom stereocenters. The molecule has 7 heteroatoms. The highest BCUT2D eigenvalue weighted by atomic mass is 19.1. The zero-order valence-corrected chi connectivity index (χ0v) is 14.4. The molecule has 1 heterocycles. The predicted molar refractivity (Wildman–Crippen MR) is 95.3 cm³/mol. The molecule has 0 spiro atoms. The van der Waals surface area contributed by atoms with Gasteiger partial charge in [0.2, 0.25) is 11.8 Å². The molecule has 1 aromatic heterocycles. The number of amides is 1. The highest BCUT2D eigenvalue weighted by Gasteiger charge is 2.14. The molecule has 0 aliphatic rings. The van der Waals surface area contributed by atoms with E-state index in [9.17, 15) is 14.0 Å². The molecule has 1 amide bonds. The van der Waals surface area contributed by atoms with Crippen molar-refractivity contribution in [3.8, 4) is 11.5 Å². The van der Waals surface area contributed by atoms with Crippen molar-refractivity contribution in [1.29, 1.82) is 0 Å². The van der Waals surface area contributed by atoms with Crippen molar-refractivity contribution in [1.82, 2.24) is 9.78 Å². The highest BCUT2D eigenvalue weighted by Crippen LogP contribution is 2.19. The second-order valence-corrected chi connectivity index (χ2v) is 6.17. The van der Waals surface area contributed by atoms with Gasteiger partial charge in [-0.25, -0.2) is 9.18 Å². The molecule has 26 heavy (non-hydrogen) atoms. The lowest BCUT2D eigenvalue weighted by molar-refractivity contribution is -0.117. The molecule has 0 bridgehead atoms. The van der Waals surface area contributed by atoms with E-state index < -0.39 is 17.5 Å². The van der Waals surface area contributed by atoms with Crippen molar-refractivity contribution < 1.29 is 13.6 Å². The van der Waals surface area contributed by atoms with Crippen LogP contribution in [0.25, 0.3) is 11.5 Å². The van der Waals surface area contributed by atoms with E-state index in [1.54, 1.807) is 6.07 Å². The van der Waals surface area contributed by atoms with Gasteiger partial charge in [0.15, 0.2) is 0 Å². The fourth-order valence-corrected chi connectivity index (χ4v) is 2.43. The van der Waals surface area contributed by atoms with E-state index in [0.29, 0.717) is 17.2 Å². The summed E-state index contributed by atoms with van der Waals surface area (Å²) >= 11 is 0. The smallest absolute Gasteiger partial charge is 0.388 e. The van der Waals surface area contributed by atoms with Crippen LogP contribution in [0.4, 0.5) is 10.1 Å². The van der Waals surface area contributed by atoms with E-state index in [4.69, 9.17) is 4.42 Å². The monoisotopic (exact) mass is 355 g/mol. The molecule has 0 saturated heterocycles. The molecule has 3 aromatic rings. The number of benzene rings is 2. The van der Waals surface area contributed by atoms with E-state index in [1.807, 2.05) is 18.2 Å². The first-order valence-corrected chi connectivity index (χ1v) is 8.16. The van der Waals surface area contributed by atoms with Gasteiger partial charge in [-0.05, 0) is 47.9 Å². The van der Waals surface area contributed by atoms with E-state index >= 15 is 0 Å². The number of carbonyl (C=O) groups excluding carboxylic acids is 1. The molecule has 2 aromatic carbocycles. The molecule has 0 radical (unpaired) electrons. The van der Waals surface area contributed by atoms with Crippen molar-refractivity contribution in [3.63, 3.8) is 0 Å². The number of carbonyl (C=O) groups is 1. The predicted octanol–water partition coefficient (Wildman–Crippen LogP) is 3.40. The van der Waals surface area contributed by atoms with E-state index in [0.717, 1.165) is 10.2 Å². The largest absolute Gasteiger partial charge is 0.437 e. The molecule has 0 unspecified atom stereocenters. The fraction of sp³-hybridized carbons (Fsp3) is 0.211. The highest BCUT2D eigenvalue weighted by molar-refractivity contribution is 5.90. The van der Waals surface area contributed by atoms with Crippen LogP contribution in [0.1, 0.15) is 25.3 Å². The van der Waals surface area contributed by atoms with Crippen LogP contribution in [-0.4, -0.2) is 15.7 Å². The lowest BCUT2D eigenvalue weighted by atomic mass is 10.0. The third-order valence-electron chi connectivity index (χ3n) is 3.83. The molecule has 6 nitrogen and oxygen atoms in total. The Hall–Kier alpha value is -3.22. The van der Waals surface area contributed by atoms with Gasteiger partial charge in [0.25, 0.3) is 0 Å². The Bertz CT molecular complexity index is 974. The molecule has 1 N–H and O–H groups in total. The summed E-state index contributed by atoms with van der Waals surface area (Å²) in [4.78, 5) is 24.1. The fourth-order valence-electron chi connectivity index (χ4n) is 2.43. The van der Waals surface area contributed by atoms with Gasteiger partial charge >= 0.3 is 5.76 Å². The number of anilines is 1. The summed E-state index contributed by atoms with van der Waals surface area (Å²) in [6.07, 6.45) is 0. The van der Waals surface area contributed by atoms with Gasteiger partial charge in [-0.3, -0.25) is 4.79 Å². The minimum absolute atomic E-state index is 0.0320. The maximum atomic E-state index is 13.0. The Morgan fingerprint density at radius 2 is 1.96 bits per heavy atom. The number of hydrogen-bond acceptors (Lipinski definition) is 4. The summed E-state index contributed by atoms with van der Waals surface area (Å²) in [5.74, 6) is -1.19. The average molecular weight is 355 g/mol. The average Bonchev–Trinajstić information content (AvgIpc) is 2.96. The van der Waals surface area contributed by atoms with Gasteiger partial charge in [-0.15, -0.1) is 5.10 Å². The van der Waals surface area contributed by atoms with E-state index in [1.165, 1.54) is 24.3 Å². The third-order valence-corrected chi connectivity index (χ3v) is 3.83. The number of nitrogens with one attached hydrogen (secondary N) is 1. The Kier molecular flexibility index (Phi) is 4.97. The van der Waals surface area contributed by atoms with Crippen molar-refractivity contribution >= 4 is 11.6 Å². The second kappa shape index (κ2) is 7.35. The van der Waals surface area contributed by atoms with Crippen molar-refractivity contribution in [2.75, 3.05) is 5.32 Å². The molecule has 0 aliphatic heterocycles. The molecule has 3 rings (SSSR count). The van der Waals surface area contributed by atoms with Gasteiger partial charge in [-0.2, -0.15) is 4.68 Å². The molecule has 134 valence electrons. The topological polar surface area (TPSA) is 77.1 Å². The van der Waals surface area contributed by atoms with Crippen LogP contribution in [0, 0.1) is 5.82 Å². The minimum Gasteiger partial charge on any atom is -0.388 e. The van der Waals surface area contributed by atoms with Crippen molar-refractivity contribution in [2.45, 2.75) is 26.3 Å². The molecule has 0 fully saturated rings. The van der Waals surface area contributed by atoms with Gasteiger partial charge in [0.1, 0.15) is 12.4 Å². The Labute approximate surface area is 149 Å². The van der Waals surface area contributed by atoms with Gasteiger partial charge in [-0.1, -0.05) is 26.0 Å². The van der Waals surface area contributed by atoms with Crippen molar-refractivity contribution in [3.05, 3.63) is 70.5 Å². The SMILES string of the molecule is CC(C)c1cccc(NC(=O)Cn2nc(-c3ccc(F)cc3)oc2=O)c1.